The number of β-amino-alcohol motifs (C(OH)–C–C–N with tert-alkyl or cyclic N) is 1. The number of fused-ring (bicyclic) bond motifs is 1. The molecule has 172 valence electrons. The molecule has 2 aliphatic rings. The minimum absolute atomic E-state index is 0.00632. The van der Waals surface area contributed by atoms with Crippen LogP contribution in [0.4, 0.5) is 10.5 Å². The molecular weight excluding hydrogens is 478 g/mol. The highest BCUT2D eigenvalue weighted by Gasteiger charge is 2.51. The summed E-state index contributed by atoms with van der Waals surface area (Å²) < 4.78 is 6.12. The van der Waals surface area contributed by atoms with Crippen molar-refractivity contribution in [3.63, 3.8) is 0 Å². The number of nitrogens with one attached hydrogen (secondary N) is 1. The molecule has 0 radical (unpaired) electrons. The summed E-state index contributed by atoms with van der Waals surface area (Å²) in [5.41, 5.74) is 1.68. The Morgan fingerprint density at radius 3 is 2.34 bits per heavy atom. The Morgan fingerprint density at radius 1 is 1.06 bits per heavy atom. The van der Waals surface area contributed by atoms with E-state index in [1.54, 1.807) is 31.4 Å². The Morgan fingerprint density at radius 2 is 1.72 bits per heavy atom. The van der Waals surface area contributed by atoms with Crippen LogP contribution in [0.25, 0.3) is 0 Å². The SMILES string of the molecule is COc1ccc(NC(=O)N2C[C@H](O)[C@H](O)CN3[C@H](CO)[C@H](c4ccc(Br)cc4)[C@@H]3C2)cc1. The lowest BCUT2D eigenvalue weighted by Crippen LogP contribution is -2.71. The van der Waals surface area contributed by atoms with Crippen molar-refractivity contribution in [1.82, 2.24) is 9.80 Å². The molecule has 5 atom stereocenters. The molecule has 2 aliphatic heterocycles. The highest BCUT2D eigenvalue weighted by atomic mass is 79.9. The second-order valence-electron chi connectivity index (χ2n) is 8.29. The van der Waals surface area contributed by atoms with Gasteiger partial charge < -0.3 is 30.3 Å². The molecule has 0 spiro atoms. The first kappa shape index (κ1) is 23.0. The Bertz CT molecular complexity index is 926. The number of aliphatic hydroxyl groups is 3. The van der Waals surface area contributed by atoms with Crippen LogP contribution in [-0.2, 0) is 0 Å². The third-order valence-corrected chi connectivity index (χ3v) is 6.94. The van der Waals surface area contributed by atoms with Gasteiger partial charge in [-0.1, -0.05) is 28.1 Å². The van der Waals surface area contributed by atoms with Gasteiger partial charge in [0.15, 0.2) is 0 Å². The maximum absolute atomic E-state index is 13.1. The lowest BCUT2D eigenvalue weighted by molar-refractivity contribution is -0.112. The predicted octanol–water partition coefficient (Wildman–Crippen LogP) is 1.86. The number of carbonyl (C=O) groups excluding carboxylic acids is 1. The van der Waals surface area contributed by atoms with Crippen LogP contribution in [0.3, 0.4) is 0 Å². The number of ether oxygens (including phenoxy) is 1. The Hall–Kier alpha value is -2.17. The minimum atomic E-state index is -1.08. The summed E-state index contributed by atoms with van der Waals surface area (Å²) in [5, 5.41) is 33.9. The van der Waals surface area contributed by atoms with Crippen molar-refractivity contribution < 1.29 is 24.9 Å². The number of aliphatic hydroxyl groups excluding tert-OH is 3. The van der Waals surface area contributed by atoms with Crippen LogP contribution in [0.1, 0.15) is 11.5 Å². The van der Waals surface area contributed by atoms with Crippen LogP contribution >= 0.6 is 15.9 Å². The van der Waals surface area contributed by atoms with Crippen molar-refractivity contribution >= 4 is 27.6 Å². The van der Waals surface area contributed by atoms with E-state index in [1.165, 1.54) is 4.90 Å². The van der Waals surface area contributed by atoms with Crippen molar-refractivity contribution in [3.8, 4) is 5.75 Å². The summed E-state index contributed by atoms with van der Waals surface area (Å²) in [5.74, 6) is 0.692. The van der Waals surface area contributed by atoms with Crippen molar-refractivity contribution in [1.29, 1.82) is 0 Å². The number of nitrogens with zero attached hydrogens (tertiary/aromatic N) is 2. The van der Waals surface area contributed by atoms with Crippen molar-refractivity contribution in [3.05, 3.63) is 58.6 Å². The fourth-order valence-electron chi connectivity index (χ4n) is 4.68. The van der Waals surface area contributed by atoms with E-state index < -0.39 is 12.2 Å². The standard InChI is InChI=1S/C23H28BrN3O5/c1-32-17-8-6-16(7-9-17)25-23(31)26-10-18-22(14-2-4-15(24)5-3-14)19(13-28)27(18)12-21(30)20(29)11-26/h2-9,18-22,28-30H,10-13H2,1H3,(H,25,31)/t18-,19+,20-,21+,22+/m0/s1. The van der Waals surface area contributed by atoms with Gasteiger partial charge in [0.25, 0.3) is 0 Å². The maximum Gasteiger partial charge on any atom is 0.321 e. The first-order valence-electron chi connectivity index (χ1n) is 10.6. The van der Waals surface area contributed by atoms with Crippen LogP contribution in [0.5, 0.6) is 5.75 Å². The Balaban J connectivity index is 1.56. The summed E-state index contributed by atoms with van der Waals surface area (Å²) in [6, 6.07) is 14.3. The van der Waals surface area contributed by atoms with Gasteiger partial charge in [-0.05, 0) is 42.0 Å². The molecule has 4 N–H and O–H groups in total. The van der Waals surface area contributed by atoms with Crippen molar-refractivity contribution in [2.24, 2.45) is 0 Å². The molecule has 2 fully saturated rings. The van der Waals surface area contributed by atoms with E-state index in [1.807, 2.05) is 29.2 Å². The number of halogens is 1. The van der Waals surface area contributed by atoms with Gasteiger partial charge in [-0.3, -0.25) is 4.90 Å². The lowest BCUT2D eigenvalue weighted by Gasteiger charge is -2.58. The van der Waals surface area contributed by atoms with E-state index in [0.717, 1.165) is 10.0 Å². The number of carbonyl (C=O) groups is 1. The van der Waals surface area contributed by atoms with Gasteiger partial charge in [0, 0.05) is 41.3 Å². The second kappa shape index (κ2) is 9.76. The molecule has 0 bridgehead atoms. The summed E-state index contributed by atoms with van der Waals surface area (Å²) >= 11 is 3.45. The number of hydrogen-bond acceptors (Lipinski definition) is 6. The van der Waals surface area contributed by atoms with E-state index in [0.29, 0.717) is 18.0 Å². The Labute approximate surface area is 195 Å². The largest absolute Gasteiger partial charge is 0.497 e. The molecule has 4 rings (SSSR count). The van der Waals surface area contributed by atoms with Gasteiger partial charge in [0.1, 0.15) is 5.75 Å². The van der Waals surface area contributed by atoms with Gasteiger partial charge >= 0.3 is 6.03 Å². The maximum atomic E-state index is 13.1. The average Bonchev–Trinajstić information content (AvgIpc) is 2.79. The van der Waals surface area contributed by atoms with Crippen molar-refractivity contribution in [2.75, 3.05) is 38.7 Å². The highest BCUT2D eigenvalue weighted by molar-refractivity contribution is 9.10. The summed E-state index contributed by atoms with van der Waals surface area (Å²) in [7, 11) is 1.58. The summed E-state index contributed by atoms with van der Waals surface area (Å²) in [4.78, 5) is 16.6. The molecule has 0 aliphatic carbocycles. The second-order valence-corrected chi connectivity index (χ2v) is 9.21. The smallest absolute Gasteiger partial charge is 0.321 e. The third-order valence-electron chi connectivity index (χ3n) is 6.41. The van der Waals surface area contributed by atoms with Crippen LogP contribution in [-0.4, -0.2) is 88.8 Å². The number of anilines is 1. The fraction of sp³-hybridized carbons (Fsp3) is 0.435. The Kier molecular flexibility index (Phi) is 7.02. The average molecular weight is 506 g/mol. The van der Waals surface area contributed by atoms with E-state index in [2.05, 4.69) is 21.2 Å². The van der Waals surface area contributed by atoms with Crippen LogP contribution in [0.15, 0.2) is 53.0 Å². The fourth-order valence-corrected chi connectivity index (χ4v) is 4.94. The van der Waals surface area contributed by atoms with Gasteiger partial charge in [0.2, 0.25) is 0 Å². The van der Waals surface area contributed by atoms with Gasteiger partial charge in [0.05, 0.1) is 32.5 Å². The van der Waals surface area contributed by atoms with E-state index >= 15 is 0 Å². The first-order valence-corrected chi connectivity index (χ1v) is 11.4. The number of benzene rings is 2. The predicted molar refractivity (Wildman–Crippen MR) is 124 cm³/mol. The zero-order valence-electron chi connectivity index (χ0n) is 17.8. The molecule has 2 aromatic rings. The van der Waals surface area contributed by atoms with Crippen LogP contribution in [0.2, 0.25) is 0 Å². The summed E-state index contributed by atoms with van der Waals surface area (Å²) in [6.45, 7) is 0.559. The highest BCUT2D eigenvalue weighted by Crippen LogP contribution is 2.42. The van der Waals surface area contributed by atoms with E-state index in [4.69, 9.17) is 4.74 Å². The topological polar surface area (TPSA) is 106 Å². The lowest BCUT2D eigenvalue weighted by atomic mass is 9.74. The molecule has 9 heteroatoms. The molecule has 32 heavy (non-hydrogen) atoms. The normalized spacial score (nSPS) is 28.2. The van der Waals surface area contributed by atoms with Crippen LogP contribution in [0, 0.1) is 0 Å². The summed E-state index contributed by atoms with van der Waals surface area (Å²) in [6.07, 6.45) is -2.10. The number of hydrogen-bond donors (Lipinski definition) is 4. The molecule has 2 amide bonds. The van der Waals surface area contributed by atoms with Crippen LogP contribution < -0.4 is 10.1 Å². The van der Waals surface area contributed by atoms with E-state index in [-0.39, 0.29) is 43.7 Å². The number of urea groups is 1. The number of amides is 2. The van der Waals surface area contributed by atoms with Gasteiger partial charge in [-0.25, -0.2) is 4.79 Å². The monoisotopic (exact) mass is 505 g/mol. The molecule has 8 nitrogen and oxygen atoms in total. The zero-order chi connectivity index (χ0) is 22.8. The van der Waals surface area contributed by atoms with Gasteiger partial charge in [-0.2, -0.15) is 0 Å². The molecule has 0 aromatic heterocycles. The molecular formula is C23H28BrN3O5. The van der Waals surface area contributed by atoms with E-state index in [9.17, 15) is 20.1 Å². The molecule has 2 heterocycles. The van der Waals surface area contributed by atoms with Gasteiger partial charge in [-0.15, -0.1) is 0 Å². The number of rotatable bonds is 4. The third kappa shape index (κ3) is 4.62. The minimum Gasteiger partial charge on any atom is -0.497 e. The molecule has 2 saturated heterocycles. The molecule has 0 saturated carbocycles. The zero-order valence-corrected chi connectivity index (χ0v) is 19.4. The number of methoxy groups -OCH3 is 1. The molecule has 2 aromatic carbocycles. The van der Waals surface area contributed by atoms with Crippen molar-refractivity contribution in [2.45, 2.75) is 30.2 Å². The molecule has 0 unspecified atom stereocenters. The quantitative estimate of drug-likeness (QED) is 0.505. The first-order chi connectivity index (χ1) is 15.4.